The van der Waals surface area contributed by atoms with Gasteiger partial charge in [0, 0.05) is 6.07 Å². The molecule has 0 radical (unpaired) electrons. The number of phenolic OH excluding ortho intramolecular Hbond substituents is 1. The van der Waals surface area contributed by atoms with Crippen LogP contribution in [0.4, 0.5) is 0 Å². The summed E-state index contributed by atoms with van der Waals surface area (Å²) in [6.07, 6.45) is 0. The maximum Gasteiger partial charge on any atom is 0.144 e. The smallest absolute Gasteiger partial charge is 0.144 e. The lowest BCUT2D eigenvalue weighted by molar-refractivity contribution is 0.468. The molecule has 0 bridgehead atoms. The maximum atomic E-state index is 9.85. The van der Waals surface area contributed by atoms with E-state index in [-0.39, 0.29) is 10.8 Å². The third kappa shape index (κ3) is 3.55. The van der Waals surface area contributed by atoms with Gasteiger partial charge in [0.2, 0.25) is 0 Å². The highest BCUT2D eigenvalue weighted by Crippen LogP contribution is 2.31. The average molecular weight is 399 g/mol. The number of benzene rings is 3. The summed E-state index contributed by atoms with van der Waals surface area (Å²) in [5.74, 6) is -0.0234. The Morgan fingerprint density at radius 1 is 0.741 bits per heavy atom. The summed E-state index contributed by atoms with van der Waals surface area (Å²) in [5, 5.41) is 29.3. The first-order valence-corrected chi connectivity index (χ1v) is 8.63. The van der Waals surface area contributed by atoms with Gasteiger partial charge in [-0.05, 0) is 30.3 Å². The van der Waals surface area contributed by atoms with Crippen molar-refractivity contribution in [1.29, 1.82) is 0 Å². The summed E-state index contributed by atoms with van der Waals surface area (Å²) >= 11 is 11.7. The molecule has 0 unspecified atom stereocenters. The van der Waals surface area contributed by atoms with E-state index in [9.17, 15) is 5.11 Å². The Bertz CT molecular complexity index is 1170. The van der Waals surface area contributed by atoms with Crippen LogP contribution in [-0.4, -0.2) is 35.5 Å². The van der Waals surface area contributed by atoms with Crippen molar-refractivity contribution in [2.24, 2.45) is 0 Å². The molecule has 2 aromatic heterocycles. The van der Waals surface area contributed by atoms with E-state index in [2.05, 4.69) is 25.6 Å². The van der Waals surface area contributed by atoms with Crippen LogP contribution in [0.1, 0.15) is 0 Å². The van der Waals surface area contributed by atoms with Crippen LogP contribution in [0.25, 0.3) is 27.8 Å². The van der Waals surface area contributed by atoms with Crippen LogP contribution in [-0.2, 0) is 0 Å². The van der Waals surface area contributed by atoms with E-state index in [4.69, 9.17) is 23.2 Å². The highest BCUT2D eigenvalue weighted by Gasteiger charge is 2.11. The molecule has 0 spiro atoms. The van der Waals surface area contributed by atoms with Crippen LogP contribution in [0.15, 0.2) is 60.7 Å². The highest BCUT2D eigenvalue weighted by molar-refractivity contribution is 6.42. The Kier molecular flexibility index (Phi) is 4.62. The van der Waals surface area contributed by atoms with Crippen molar-refractivity contribution < 1.29 is 5.11 Å². The fraction of sp³-hybridized carbons (Fsp3) is 0. The second-order valence-electron chi connectivity index (χ2n) is 5.55. The van der Waals surface area contributed by atoms with E-state index in [0.29, 0.717) is 10.7 Å². The topological polar surface area (TPSA) is 92.5 Å². The molecule has 7 nitrogen and oxygen atoms in total. The lowest BCUT2D eigenvalue weighted by atomic mass is 10.3. The molecule has 0 aliphatic rings. The number of rotatable bonds is 1. The molecule has 0 fully saturated rings. The summed E-state index contributed by atoms with van der Waals surface area (Å²) in [4.78, 5) is 1.34. The number of aromatic hydroxyl groups is 1. The van der Waals surface area contributed by atoms with E-state index < -0.39 is 0 Å². The molecule has 5 rings (SSSR count). The first kappa shape index (κ1) is 17.3. The largest absolute Gasteiger partial charge is 0.506 e. The zero-order valence-electron chi connectivity index (χ0n) is 13.7. The molecular weight excluding hydrogens is 387 g/mol. The zero-order valence-corrected chi connectivity index (χ0v) is 15.2. The van der Waals surface area contributed by atoms with Crippen molar-refractivity contribution in [3.8, 4) is 11.4 Å². The number of fused-ring (bicyclic) bond motifs is 2. The van der Waals surface area contributed by atoms with Crippen molar-refractivity contribution >= 4 is 45.3 Å². The number of H-pyrrole nitrogens is 1. The SMILES string of the molecule is Oc1cc(Cl)c(Cl)cc1-n1nc2ccccc2n1.c1ccc2n[nH]nc2c1. The Morgan fingerprint density at radius 3 is 1.78 bits per heavy atom. The molecule has 0 saturated heterocycles. The molecule has 0 aliphatic carbocycles. The molecule has 3 aromatic carbocycles. The lowest BCUT2D eigenvalue weighted by Gasteiger charge is -2.04. The Balaban J connectivity index is 0.000000167. The van der Waals surface area contributed by atoms with E-state index in [1.54, 1.807) is 0 Å². The number of hydrogen-bond donors (Lipinski definition) is 2. The van der Waals surface area contributed by atoms with Crippen molar-refractivity contribution in [2.75, 3.05) is 0 Å². The van der Waals surface area contributed by atoms with Crippen LogP contribution in [0.5, 0.6) is 5.75 Å². The Labute approximate surface area is 163 Å². The molecule has 2 N–H and O–H groups in total. The van der Waals surface area contributed by atoms with E-state index in [0.717, 1.165) is 22.1 Å². The molecule has 0 aliphatic heterocycles. The molecular formula is C18H12Cl2N6O. The van der Waals surface area contributed by atoms with Crippen LogP contribution in [0, 0.1) is 0 Å². The van der Waals surface area contributed by atoms with Crippen molar-refractivity contribution in [1.82, 2.24) is 30.4 Å². The summed E-state index contributed by atoms with van der Waals surface area (Å²) < 4.78 is 0. The van der Waals surface area contributed by atoms with E-state index >= 15 is 0 Å². The molecule has 9 heteroatoms. The average Bonchev–Trinajstić information content (AvgIpc) is 3.31. The number of aromatic amines is 1. The van der Waals surface area contributed by atoms with Crippen LogP contribution >= 0.6 is 23.2 Å². The first-order chi connectivity index (χ1) is 13.1. The van der Waals surface area contributed by atoms with Crippen molar-refractivity contribution in [2.45, 2.75) is 0 Å². The Hall–Kier alpha value is -3.16. The van der Waals surface area contributed by atoms with Crippen LogP contribution < -0.4 is 0 Å². The van der Waals surface area contributed by atoms with Gasteiger partial charge in [-0.15, -0.1) is 15.0 Å². The quantitative estimate of drug-likeness (QED) is 0.436. The van der Waals surface area contributed by atoms with Gasteiger partial charge >= 0.3 is 0 Å². The summed E-state index contributed by atoms with van der Waals surface area (Å²) in [6, 6.07) is 18.0. The molecule has 0 saturated carbocycles. The predicted octanol–water partition coefficient (Wildman–Crippen LogP) is 4.39. The van der Waals surface area contributed by atoms with Gasteiger partial charge in [0.1, 0.15) is 33.5 Å². The standard InChI is InChI=1S/C12H7Cl2N3O.C6H5N3/c13-7-5-11(12(18)6-8(7)14)17-15-9-3-1-2-4-10(9)16-17;1-2-4-6-5(3-1)7-9-8-6/h1-6,18H;1-4H,(H,7,8,9). The molecule has 5 aromatic rings. The second kappa shape index (κ2) is 7.22. The molecule has 0 atom stereocenters. The minimum absolute atomic E-state index is 0.0234. The fourth-order valence-corrected chi connectivity index (χ4v) is 2.76. The number of nitrogens with one attached hydrogen (secondary N) is 1. The third-order valence-electron chi connectivity index (χ3n) is 3.74. The highest BCUT2D eigenvalue weighted by atomic mass is 35.5. The normalized spacial score (nSPS) is 10.7. The van der Waals surface area contributed by atoms with Crippen molar-refractivity contribution in [3.63, 3.8) is 0 Å². The summed E-state index contributed by atoms with van der Waals surface area (Å²) in [6.45, 7) is 0. The van der Waals surface area contributed by atoms with Gasteiger partial charge in [-0.3, -0.25) is 0 Å². The predicted molar refractivity (Wildman–Crippen MR) is 104 cm³/mol. The molecule has 2 heterocycles. The van der Waals surface area contributed by atoms with E-state index in [1.807, 2.05) is 48.5 Å². The monoisotopic (exact) mass is 398 g/mol. The van der Waals surface area contributed by atoms with Crippen LogP contribution in [0.2, 0.25) is 10.0 Å². The minimum atomic E-state index is -0.0234. The summed E-state index contributed by atoms with van der Waals surface area (Å²) in [5.41, 5.74) is 3.70. The van der Waals surface area contributed by atoms with Gasteiger partial charge in [0.05, 0.1) is 10.0 Å². The van der Waals surface area contributed by atoms with Gasteiger partial charge in [-0.1, -0.05) is 47.5 Å². The second-order valence-corrected chi connectivity index (χ2v) is 6.36. The lowest BCUT2D eigenvalue weighted by Crippen LogP contribution is -1.99. The van der Waals surface area contributed by atoms with Crippen LogP contribution in [0.3, 0.4) is 0 Å². The number of halogens is 2. The fourth-order valence-electron chi connectivity index (χ4n) is 2.44. The number of nitrogens with zero attached hydrogens (tertiary/aromatic N) is 5. The molecule has 134 valence electrons. The third-order valence-corrected chi connectivity index (χ3v) is 4.46. The number of hydrogen-bond acceptors (Lipinski definition) is 5. The van der Waals surface area contributed by atoms with E-state index in [1.165, 1.54) is 16.9 Å². The van der Waals surface area contributed by atoms with Gasteiger partial charge in [-0.25, -0.2) is 0 Å². The summed E-state index contributed by atoms with van der Waals surface area (Å²) in [7, 11) is 0. The minimum Gasteiger partial charge on any atom is -0.506 e. The van der Waals surface area contributed by atoms with Crippen molar-refractivity contribution in [3.05, 3.63) is 70.7 Å². The number of para-hydroxylation sites is 2. The van der Waals surface area contributed by atoms with Gasteiger partial charge < -0.3 is 5.11 Å². The number of aromatic nitrogens is 6. The molecule has 27 heavy (non-hydrogen) atoms. The van der Waals surface area contributed by atoms with Gasteiger partial charge in [-0.2, -0.15) is 15.4 Å². The first-order valence-electron chi connectivity index (χ1n) is 7.88. The van der Waals surface area contributed by atoms with Gasteiger partial charge in [0.15, 0.2) is 0 Å². The Morgan fingerprint density at radius 2 is 1.22 bits per heavy atom. The molecule has 0 amide bonds. The van der Waals surface area contributed by atoms with Gasteiger partial charge in [0.25, 0.3) is 0 Å². The maximum absolute atomic E-state index is 9.85. The zero-order chi connectivity index (χ0) is 18.8. The number of phenols is 1.